The highest BCUT2D eigenvalue weighted by molar-refractivity contribution is 5.55. The molecular formula is C15H22FN3O. The van der Waals surface area contributed by atoms with Crippen LogP contribution >= 0.6 is 0 Å². The van der Waals surface area contributed by atoms with Crippen molar-refractivity contribution in [1.82, 2.24) is 5.32 Å². The molecule has 4 nitrogen and oxygen atoms in total. The van der Waals surface area contributed by atoms with Crippen LogP contribution in [-0.4, -0.2) is 33.9 Å². The molecular weight excluding hydrogens is 257 g/mol. The van der Waals surface area contributed by atoms with Crippen molar-refractivity contribution in [3.8, 4) is 6.07 Å². The van der Waals surface area contributed by atoms with Gasteiger partial charge in [0.15, 0.2) is 0 Å². The van der Waals surface area contributed by atoms with Gasteiger partial charge < -0.3 is 15.0 Å². The Morgan fingerprint density at radius 1 is 1.45 bits per heavy atom. The van der Waals surface area contributed by atoms with Crippen molar-refractivity contribution in [3.63, 3.8) is 0 Å². The van der Waals surface area contributed by atoms with E-state index in [4.69, 9.17) is 10.00 Å². The Kier molecular flexibility index (Phi) is 6.99. The molecule has 0 fully saturated rings. The van der Waals surface area contributed by atoms with E-state index in [1.54, 1.807) is 20.2 Å². The minimum Gasteiger partial charge on any atom is -0.383 e. The maximum absolute atomic E-state index is 14.1. The molecule has 1 N–H and O–H groups in total. The lowest BCUT2D eigenvalue weighted by Crippen LogP contribution is -2.30. The molecule has 0 saturated carbocycles. The molecule has 1 atom stereocenters. The molecule has 1 unspecified atom stereocenters. The maximum atomic E-state index is 14.1. The molecule has 20 heavy (non-hydrogen) atoms. The summed E-state index contributed by atoms with van der Waals surface area (Å²) >= 11 is 0. The number of ether oxygens (including phenoxy) is 1. The first-order valence-corrected chi connectivity index (χ1v) is 6.72. The van der Waals surface area contributed by atoms with Crippen molar-refractivity contribution in [2.75, 3.05) is 38.8 Å². The highest BCUT2D eigenvalue weighted by Crippen LogP contribution is 2.29. The van der Waals surface area contributed by atoms with E-state index in [0.29, 0.717) is 31.7 Å². The zero-order chi connectivity index (χ0) is 15.0. The standard InChI is InChI=1S/C15H22FN3O/c1-12(18-2)15-13(16)6-4-7-14(15)19(9-5-8-17)10-11-20-3/h4,6-7,12,18H,5,9-11H2,1-3H3. The summed E-state index contributed by atoms with van der Waals surface area (Å²) in [6, 6.07) is 7.08. The van der Waals surface area contributed by atoms with E-state index in [0.717, 1.165) is 5.69 Å². The highest BCUT2D eigenvalue weighted by Gasteiger charge is 2.18. The Morgan fingerprint density at radius 3 is 2.80 bits per heavy atom. The summed E-state index contributed by atoms with van der Waals surface area (Å²) < 4.78 is 19.2. The molecule has 0 saturated heterocycles. The van der Waals surface area contributed by atoms with Crippen LogP contribution in [0.25, 0.3) is 0 Å². The molecule has 110 valence electrons. The Balaban J connectivity index is 3.10. The van der Waals surface area contributed by atoms with Crippen molar-refractivity contribution in [2.45, 2.75) is 19.4 Å². The lowest BCUT2D eigenvalue weighted by atomic mass is 10.0. The number of methoxy groups -OCH3 is 1. The molecule has 1 aromatic rings. The number of anilines is 1. The van der Waals surface area contributed by atoms with Gasteiger partial charge in [-0.25, -0.2) is 4.39 Å². The van der Waals surface area contributed by atoms with Gasteiger partial charge in [-0.2, -0.15) is 5.26 Å². The monoisotopic (exact) mass is 279 g/mol. The lowest BCUT2D eigenvalue weighted by Gasteiger charge is -2.28. The highest BCUT2D eigenvalue weighted by atomic mass is 19.1. The predicted molar refractivity (Wildman–Crippen MR) is 78.2 cm³/mol. The van der Waals surface area contributed by atoms with Crippen LogP contribution in [0.1, 0.15) is 24.9 Å². The lowest BCUT2D eigenvalue weighted by molar-refractivity contribution is 0.205. The van der Waals surface area contributed by atoms with Crippen molar-refractivity contribution in [3.05, 3.63) is 29.6 Å². The molecule has 0 amide bonds. The second kappa shape index (κ2) is 8.51. The fourth-order valence-electron chi connectivity index (χ4n) is 2.11. The topological polar surface area (TPSA) is 48.3 Å². The minimum absolute atomic E-state index is 0.0988. The van der Waals surface area contributed by atoms with Gasteiger partial charge in [-0.15, -0.1) is 0 Å². The predicted octanol–water partition coefficient (Wildman–Crippen LogP) is 2.47. The third kappa shape index (κ3) is 4.19. The van der Waals surface area contributed by atoms with E-state index >= 15 is 0 Å². The van der Waals surface area contributed by atoms with Crippen LogP contribution in [0.5, 0.6) is 0 Å². The van der Waals surface area contributed by atoms with Gasteiger partial charge in [0.25, 0.3) is 0 Å². The van der Waals surface area contributed by atoms with Crippen LogP contribution in [0.3, 0.4) is 0 Å². The van der Waals surface area contributed by atoms with Gasteiger partial charge >= 0.3 is 0 Å². The second-order valence-corrected chi connectivity index (χ2v) is 4.57. The molecule has 0 radical (unpaired) electrons. The molecule has 1 aromatic carbocycles. The van der Waals surface area contributed by atoms with Crippen LogP contribution in [0, 0.1) is 17.1 Å². The number of hydrogen-bond acceptors (Lipinski definition) is 4. The van der Waals surface area contributed by atoms with E-state index in [1.165, 1.54) is 6.07 Å². The van der Waals surface area contributed by atoms with Crippen molar-refractivity contribution in [2.24, 2.45) is 0 Å². The number of hydrogen-bond donors (Lipinski definition) is 1. The van der Waals surface area contributed by atoms with Gasteiger partial charge in [-0.3, -0.25) is 0 Å². The molecule has 0 aliphatic rings. The summed E-state index contributed by atoms with van der Waals surface area (Å²) in [5, 5.41) is 11.8. The Hall–Kier alpha value is -1.64. The van der Waals surface area contributed by atoms with Gasteiger partial charge in [0, 0.05) is 37.5 Å². The summed E-state index contributed by atoms with van der Waals surface area (Å²) in [7, 11) is 3.43. The molecule has 1 rings (SSSR count). The van der Waals surface area contributed by atoms with Crippen molar-refractivity contribution < 1.29 is 9.13 Å². The number of rotatable bonds is 8. The van der Waals surface area contributed by atoms with Crippen LogP contribution < -0.4 is 10.2 Å². The maximum Gasteiger partial charge on any atom is 0.130 e. The van der Waals surface area contributed by atoms with Gasteiger partial charge in [-0.1, -0.05) is 6.07 Å². The second-order valence-electron chi connectivity index (χ2n) is 4.57. The fourth-order valence-corrected chi connectivity index (χ4v) is 2.11. The third-order valence-corrected chi connectivity index (χ3v) is 3.30. The molecule has 0 spiro atoms. The summed E-state index contributed by atoms with van der Waals surface area (Å²) in [6.07, 6.45) is 0.396. The Bertz CT molecular complexity index is 459. The van der Waals surface area contributed by atoms with Gasteiger partial charge in [-0.05, 0) is 26.1 Å². The molecule has 0 aliphatic carbocycles. The van der Waals surface area contributed by atoms with E-state index in [1.807, 2.05) is 17.9 Å². The summed E-state index contributed by atoms with van der Waals surface area (Å²) in [5.74, 6) is -0.233. The van der Waals surface area contributed by atoms with E-state index in [2.05, 4.69) is 11.4 Å². The average molecular weight is 279 g/mol. The molecule has 0 aromatic heterocycles. The first-order valence-electron chi connectivity index (χ1n) is 6.72. The largest absolute Gasteiger partial charge is 0.383 e. The van der Waals surface area contributed by atoms with Crippen LogP contribution in [-0.2, 0) is 4.74 Å². The first-order chi connectivity index (χ1) is 9.65. The minimum atomic E-state index is -0.233. The van der Waals surface area contributed by atoms with Gasteiger partial charge in [0.05, 0.1) is 19.1 Å². The van der Waals surface area contributed by atoms with Crippen molar-refractivity contribution in [1.29, 1.82) is 5.26 Å². The smallest absolute Gasteiger partial charge is 0.130 e. The van der Waals surface area contributed by atoms with E-state index < -0.39 is 0 Å². The summed E-state index contributed by atoms with van der Waals surface area (Å²) in [4.78, 5) is 2.00. The quantitative estimate of drug-likeness (QED) is 0.794. The first kappa shape index (κ1) is 16.4. The SMILES string of the molecule is CNC(C)c1c(F)cccc1N(CCC#N)CCOC. The van der Waals surface area contributed by atoms with Gasteiger partial charge in [0.1, 0.15) is 5.82 Å². The third-order valence-electron chi connectivity index (χ3n) is 3.30. The zero-order valence-corrected chi connectivity index (χ0v) is 12.3. The Labute approximate surface area is 120 Å². The van der Waals surface area contributed by atoms with Crippen LogP contribution in [0.4, 0.5) is 10.1 Å². The van der Waals surface area contributed by atoms with Crippen LogP contribution in [0.2, 0.25) is 0 Å². The summed E-state index contributed by atoms with van der Waals surface area (Å²) in [6.45, 7) is 3.65. The number of halogens is 1. The molecule has 0 bridgehead atoms. The fraction of sp³-hybridized carbons (Fsp3) is 0.533. The summed E-state index contributed by atoms with van der Waals surface area (Å²) in [5.41, 5.74) is 1.45. The van der Waals surface area contributed by atoms with Crippen molar-refractivity contribution >= 4 is 5.69 Å². The Morgan fingerprint density at radius 2 is 2.20 bits per heavy atom. The number of nitriles is 1. The molecule has 0 aliphatic heterocycles. The van der Waals surface area contributed by atoms with E-state index in [-0.39, 0.29) is 11.9 Å². The molecule has 0 heterocycles. The van der Waals surface area contributed by atoms with Crippen LogP contribution in [0.15, 0.2) is 18.2 Å². The average Bonchev–Trinajstić information content (AvgIpc) is 2.46. The number of benzene rings is 1. The zero-order valence-electron chi connectivity index (χ0n) is 12.3. The number of nitrogens with zero attached hydrogens (tertiary/aromatic N) is 2. The van der Waals surface area contributed by atoms with Gasteiger partial charge in [0.2, 0.25) is 0 Å². The normalized spacial score (nSPS) is 11.9. The molecule has 5 heteroatoms. The van der Waals surface area contributed by atoms with E-state index in [9.17, 15) is 4.39 Å². The number of nitrogens with one attached hydrogen (secondary N) is 1.